The number of hydrogen-bond donors (Lipinski definition) is 1. The Balaban J connectivity index is 2.32. The lowest BCUT2D eigenvalue weighted by Crippen LogP contribution is -2.44. The SMILES string of the molecule is CNCC1Sc2cc(F)ccc2N(C)C1C. The number of benzene rings is 1. The first-order valence-electron chi connectivity index (χ1n) is 5.47. The van der Waals surface area contributed by atoms with E-state index >= 15 is 0 Å². The number of nitrogens with one attached hydrogen (secondary N) is 1. The molecule has 0 saturated heterocycles. The molecule has 1 aromatic carbocycles. The summed E-state index contributed by atoms with van der Waals surface area (Å²) in [5.41, 5.74) is 1.13. The Labute approximate surface area is 100 Å². The minimum Gasteiger partial charge on any atom is -0.370 e. The molecular weight excluding hydrogens is 223 g/mol. The summed E-state index contributed by atoms with van der Waals surface area (Å²) < 4.78 is 13.2. The molecule has 0 amide bonds. The van der Waals surface area contributed by atoms with Crippen LogP contribution < -0.4 is 10.2 Å². The van der Waals surface area contributed by atoms with Crippen molar-refractivity contribution in [3.05, 3.63) is 24.0 Å². The summed E-state index contributed by atoms with van der Waals surface area (Å²) in [4.78, 5) is 3.27. The van der Waals surface area contributed by atoms with Gasteiger partial charge in [0.2, 0.25) is 0 Å². The molecule has 0 spiro atoms. The van der Waals surface area contributed by atoms with Crippen LogP contribution in [-0.2, 0) is 0 Å². The van der Waals surface area contributed by atoms with E-state index in [1.807, 2.05) is 13.1 Å². The van der Waals surface area contributed by atoms with E-state index in [9.17, 15) is 4.39 Å². The average Bonchev–Trinajstić information content (AvgIpc) is 2.25. The van der Waals surface area contributed by atoms with Gasteiger partial charge in [-0.25, -0.2) is 4.39 Å². The van der Waals surface area contributed by atoms with E-state index in [1.165, 1.54) is 6.07 Å². The topological polar surface area (TPSA) is 15.3 Å². The summed E-state index contributed by atoms with van der Waals surface area (Å²) in [6.07, 6.45) is 0. The fraction of sp³-hybridized carbons (Fsp3) is 0.500. The third kappa shape index (κ3) is 2.04. The predicted molar refractivity (Wildman–Crippen MR) is 67.8 cm³/mol. The maximum absolute atomic E-state index is 13.2. The highest BCUT2D eigenvalue weighted by Gasteiger charge is 2.29. The van der Waals surface area contributed by atoms with Gasteiger partial charge in [-0.05, 0) is 32.2 Å². The first-order chi connectivity index (χ1) is 7.63. The monoisotopic (exact) mass is 240 g/mol. The van der Waals surface area contributed by atoms with Crippen LogP contribution in [0, 0.1) is 5.82 Å². The molecule has 0 aromatic heterocycles. The lowest BCUT2D eigenvalue weighted by atomic mass is 10.1. The molecule has 0 aliphatic carbocycles. The van der Waals surface area contributed by atoms with Crippen molar-refractivity contribution in [3.63, 3.8) is 0 Å². The molecule has 2 nitrogen and oxygen atoms in total. The van der Waals surface area contributed by atoms with E-state index in [2.05, 4.69) is 24.2 Å². The number of hydrogen-bond acceptors (Lipinski definition) is 3. The van der Waals surface area contributed by atoms with Crippen LogP contribution in [0.4, 0.5) is 10.1 Å². The molecule has 0 fully saturated rings. The van der Waals surface area contributed by atoms with Crippen molar-refractivity contribution in [2.75, 3.05) is 25.5 Å². The molecule has 2 atom stereocenters. The largest absolute Gasteiger partial charge is 0.370 e. The molecule has 0 radical (unpaired) electrons. The van der Waals surface area contributed by atoms with Gasteiger partial charge in [0.1, 0.15) is 5.82 Å². The maximum Gasteiger partial charge on any atom is 0.124 e. The molecule has 1 N–H and O–H groups in total. The van der Waals surface area contributed by atoms with Crippen LogP contribution in [0.2, 0.25) is 0 Å². The summed E-state index contributed by atoms with van der Waals surface area (Å²) in [5.74, 6) is -0.155. The number of halogens is 1. The third-order valence-electron chi connectivity index (χ3n) is 3.13. The third-order valence-corrected chi connectivity index (χ3v) is 4.58. The predicted octanol–water partition coefficient (Wildman–Crippen LogP) is 2.34. The van der Waals surface area contributed by atoms with Crippen molar-refractivity contribution in [1.82, 2.24) is 5.32 Å². The van der Waals surface area contributed by atoms with Crippen molar-refractivity contribution in [2.24, 2.45) is 0 Å². The van der Waals surface area contributed by atoms with Gasteiger partial charge in [-0.1, -0.05) is 0 Å². The van der Waals surface area contributed by atoms with Crippen LogP contribution in [-0.4, -0.2) is 31.9 Å². The van der Waals surface area contributed by atoms with Gasteiger partial charge in [0.25, 0.3) is 0 Å². The van der Waals surface area contributed by atoms with E-state index in [-0.39, 0.29) is 5.82 Å². The zero-order chi connectivity index (χ0) is 11.7. The van der Waals surface area contributed by atoms with E-state index in [4.69, 9.17) is 0 Å². The number of anilines is 1. The van der Waals surface area contributed by atoms with Gasteiger partial charge in [-0.2, -0.15) is 0 Å². The van der Waals surface area contributed by atoms with Crippen molar-refractivity contribution >= 4 is 17.4 Å². The lowest BCUT2D eigenvalue weighted by Gasteiger charge is -2.39. The van der Waals surface area contributed by atoms with Crippen LogP contribution in [0.25, 0.3) is 0 Å². The van der Waals surface area contributed by atoms with Crippen LogP contribution in [0.3, 0.4) is 0 Å². The maximum atomic E-state index is 13.2. The number of thioether (sulfide) groups is 1. The van der Waals surface area contributed by atoms with Crippen LogP contribution in [0.15, 0.2) is 23.1 Å². The van der Waals surface area contributed by atoms with Gasteiger partial charge in [0.05, 0.1) is 5.69 Å². The molecule has 16 heavy (non-hydrogen) atoms. The molecular formula is C12H17FN2S. The van der Waals surface area contributed by atoms with Crippen LogP contribution >= 0.6 is 11.8 Å². The molecule has 4 heteroatoms. The lowest BCUT2D eigenvalue weighted by molar-refractivity contribution is 0.595. The van der Waals surface area contributed by atoms with Crippen molar-refractivity contribution < 1.29 is 4.39 Å². The molecule has 88 valence electrons. The van der Waals surface area contributed by atoms with Gasteiger partial charge in [-0.15, -0.1) is 11.8 Å². The minimum atomic E-state index is -0.155. The van der Waals surface area contributed by atoms with Crippen LogP contribution in [0.1, 0.15) is 6.92 Å². The van der Waals surface area contributed by atoms with Gasteiger partial charge >= 0.3 is 0 Å². The summed E-state index contributed by atoms with van der Waals surface area (Å²) in [6.45, 7) is 3.15. The summed E-state index contributed by atoms with van der Waals surface area (Å²) in [7, 11) is 4.03. The van der Waals surface area contributed by atoms with Crippen molar-refractivity contribution in [2.45, 2.75) is 23.1 Å². The molecule has 2 unspecified atom stereocenters. The Morgan fingerprint density at radius 3 is 2.94 bits per heavy atom. The summed E-state index contributed by atoms with van der Waals surface area (Å²) in [6, 6.07) is 5.48. The minimum absolute atomic E-state index is 0.155. The fourth-order valence-electron chi connectivity index (χ4n) is 2.02. The second-order valence-electron chi connectivity index (χ2n) is 4.18. The fourth-order valence-corrected chi connectivity index (χ4v) is 3.49. The molecule has 1 heterocycles. The van der Waals surface area contributed by atoms with Gasteiger partial charge in [0, 0.05) is 29.8 Å². The van der Waals surface area contributed by atoms with E-state index in [0.717, 1.165) is 17.1 Å². The Morgan fingerprint density at radius 2 is 2.25 bits per heavy atom. The average molecular weight is 240 g/mol. The molecule has 0 saturated carbocycles. The van der Waals surface area contributed by atoms with E-state index in [0.29, 0.717) is 11.3 Å². The Morgan fingerprint density at radius 1 is 1.50 bits per heavy atom. The Bertz CT molecular complexity index is 383. The molecule has 0 bridgehead atoms. The Kier molecular flexibility index (Phi) is 3.40. The highest BCUT2D eigenvalue weighted by Crippen LogP contribution is 2.40. The summed E-state index contributed by atoms with van der Waals surface area (Å²) >= 11 is 1.76. The number of fused-ring (bicyclic) bond motifs is 1. The second kappa shape index (κ2) is 4.63. The molecule has 1 aromatic rings. The Hall–Kier alpha value is -0.740. The smallest absolute Gasteiger partial charge is 0.124 e. The quantitative estimate of drug-likeness (QED) is 0.854. The van der Waals surface area contributed by atoms with Gasteiger partial charge < -0.3 is 10.2 Å². The normalized spacial score (nSPS) is 24.4. The zero-order valence-electron chi connectivity index (χ0n) is 9.83. The number of nitrogens with zero attached hydrogens (tertiary/aromatic N) is 1. The van der Waals surface area contributed by atoms with Crippen LogP contribution in [0.5, 0.6) is 0 Å². The van der Waals surface area contributed by atoms with Crippen molar-refractivity contribution in [1.29, 1.82) is 0 Å². The second-order valence-corrected chi connectivity index (χ2v) is 5.46. The molecule has 2 rings (SSSR count). The number of rotatable bonds is 2. The first kappa shape index (κ1) is 11.7. The van der Waals surface area contributed by atoms with E-state index in [1.54, 1.807) is 17.8 Å². The van der Waals surface area contributed by atoms with Crippen molar-refractivity contribution in [3.8, 4) is 0 Å². The highest BCUT2D eigenvalue weighted by atomic mass is 32.2. The van der Waals surface area contributed by atoms with Gasteiger partial charge in [0.15, 0.2) is 0 Å². The highest BCUT2D eigenvalue weighted by molar-refractivity contribution is 8.00. The molecule has 1 aliphatic rings. The standard InChI is InChI=1S/C12H17FN2S/c1-8-12(7-14-2)16-11-6-9(13)4-5-10(11)15(8)3/h4-6,8,12,14H,7H2,1-3H3. The van der Waals surface area contributed by atoms with Gasteiger partial charge in [-0.3, -0.25) is 0 Å². The van der Waals surface area contributed by atoms with E-state index < -0.39 is 0 Å². The molecule has 1 aliphatic heterocycles. The summed E-state index contributed by atoms with van der Waals surface area (Å²) in [5, 5.41) is 3.65. The zero-order valence-corrected chi connectivity index (χ0v) is 10.6. The first-order valence-corrected chi connectivity index (χ1v) is 6.35.